The SMILES string of the molecule is COc1ccc(Br)cc1CC(=O)C1C(C)(C)C1(C)C. The molecule has 0 N–H and O–H groups in total. The Hall–Kier alpha value is -0.830. The van der Waals surface area contributed by atoms with Crippen molar-refractivity contribution >= 4 is 21.7 Å². The number of benzene rings is 1. The molecule has 1 aromatic carbocycles. The van der Waals surface area contributed by atoms with Crippen LogP contribution in [0, 0.1) is 16.7 Å². The van der Waals surface area contributed by atoms with Gasteiger partial charge in [-0.1, -0.05) is 43.6 Å². The van der Waals surface area contributed by atoms with Gasteiger partial charge in [-0.2, -0.15) is 0 Å². The minimum absolute atomic E-state index is 0.101. The monoisotopic (exact) mass is 324 g/mol. The molecule has 104 valence electrons. The van der Waals surface area contributed by atoms with Crippen LogP contribution in [0.3, 0.4) is 0 Å². The number of hydrogen-bond acceptors (Lipinski definition) is 2. The lowest BCUT2D eigenvalue weighted by Gasteiger charge is -2.09. The van der Waals surface area contributed by atoms with Gasteiger partial charge in [-0.3, -0.25) is 4.79 Å². The molecule has 0 bridgehead atoms. The molecule has 0 atom stereocenters. The van der Waals surface area contributed by atoms with E-state index in [9.17, 15) is 4.79 Å². The van der Waals surface area contributed by atoms with Crippen LogP contribution in [0.15, 0.2) is 22.7 Å². The predicted molar refractivity (Wildman–Crippen MR) is 80.5 cm³/mol. The van der Waals surface area contributed by atoms with E-state index in [-0.39, 0.29) is 16.7 Å². The number of halogens is 1. The standard InChI is InChI=1S/C16H21BrO2/c1-15(2)14(16(15,3)4)12(18)9-10-8-11(17)6-7-13(10)19-5/h6-8,14H,9H2,1-5H3. The zero-order valence-electron chi connectivity index (χ0n) is 12.2. The number of carbonyl (C=O) groups excluding carboxylic acids is 1. The minimum atomic E-state index is 0.101. The molecule has 1 fully saturated rings. The van der Waals surface area contributed by atoms with Crippen molar-refractivity contribution in [1.29, 1.82) is 0 Å². The quantitative estimate of drug-likeness (QED) is 0.827. The summed E-state index contributed by atoms with van der Waals surface area (Å²) in [4.78, 5) is 12.5. The van der Waals surface area contributed by atoms with Crippen molar-refractivity contribution in [3.05, 3.63) is 28.2 Å². The highest BCUT2D eigenvalue weighted by Crippen LogP contribution is 2.68. The Kier molecular flexibility index (Phi) is 3.54. The first-order valence-electron chi connectivity index (χ1n) is 6.57. The van der Waals surface area contributed by atoms with Gasteiger partial charge in [0.1, 0.15) is 11.5 Å². The Balaban J connectivity index is 2.19. The van der Waals surface area contributed by atoms with Gasteiger partial charge in [-0.05, 0) is 29.0 Å². The summed E-state index contributed by atoms with van der Waals surface area (Å²) in [5, 5.41) is 0. The van der Waals surface area contributed by atoms with E-state index in [0.29, 0.717) is 12.2 Å². The van der Waals surface area contributed by atoms with Crippen molar-refractivity contribution in [2.45, 2.75) is 34.1 Å². The molecule has 0 aromatic heterocycles. The van der Waals surface area contributed by atoms with Crippen LogP contribution in [0.5, 0.6) is 5.75 Å². The van der Waals surface area contributed by atoms with Gasteiger partial charge in [0.15, 0.2) is 0 Å². The lowest BCUT2D eigenvalue weighted by molar-refractivity contribution is -0.120. The van der Waals surface area contributed by atoms with E-state index in [1.807, 2.05) is 18.2 Å². The second-order valence-electron chi connectivity index (χ2n) is 6.48. The molecule has 0 radical (unpaired) electrons. The third-order valence-corrected chi connectivity index (χ3v) is 5.44. The largest absolute Gasteiger partial charge is 0.496 e. The average molecular weight is 325 g/mol. The first-order valence-corrected chi connectivity index (χ1v) is 7.36. The van der Waals surface area contributed by atoms with Crippen molar-refractivity contribution in [3.63, 3.8) is 0 Å². The van der Waals surface area contributed by atoms with Gasteiger partial charge in [0, 0.05) is 22.4 Å². The number of ketones is 1. The van der Waals surface area contributed by atoms with Crippen molar-refractivity contribution in [2.24, 2.45) is 16.7 Å². The summed E-state index contributed by atoms with van der Waals surface area (Å²) < 4.78 is 6.31. The lowest BCUT2D eigenvalue weighted by Crippen LogP contribution is -2.11. The summed E-state index contributed by atoms with van der Waals surface area (Å²) in [5.41, 5.74) is 1.16. The van der Waals surface area contributed by atoms with Gasteiger partial charge in [0.25, 0.3) is 0 Å². The fraction of sp³-hybridized carbons (Fsp3) is 0.562. The van der Waals surface area contributed by atoms with E-state index in [0.717, 1.165) is 15.8 Å². The van der Waals surface area contributed by atoms with Crippen LogP contribution in [0.4, 0.5) is 0 Å². The number of carbonyl (C=O) groups is 1. The van der Waals surface area contributed by atoms with E-state index in [1.165, 1.54) is 0 Å². The molecule has 0 saturated heterocycles. The third kappa shape index (κ3) is 2.33. The first kappa shape index (κ1) is 14.6. The second kappa shape index (κ2) is 4.62. The topological polar surface area (TPSA) is 26.3 Å². The Labute approximate surface area is 123 Å². The molecule has 1 saturated carbocycles. The van der Waals surface area contributed by atoms with Gasteiger partial charge in [-0.15, -0.1) is 0 Å². The maximum atomic E-state index is 12.5. The summed E-state index contributed by atoms with van der Waals surface area (Å²) in [6.07, 6.45) is 0.445. The summed E-state index contributed by atoms with van der Waals surface area (Å²) >= 11 is 3.45. The lowest BCUT2D eigenvalue weighted by atomic mass is 10.0. The van der Waals surface area contributed by atoms with E-state index >= 15 is 0 Å². The molecule has 0 amide bonds. The maximum Gasteiger partial charge on any atom is 0.141 e. The molecule has 0 unspecified atom stereocenters. The molecule has 2 nitrogen and oxygen atoms in total. The highest BCUT2D eigenvalue weighted by molar-refractivity contribution is 9.10. The number of methoxy groups -OCH3 is 1. The number of Topliss-reactive ketones (excluding diaryl/α,β-unsaturated/α-hetero) is 1. The van der Waals surface area contributed by atoms with E-state index < -0.39 is 0 Å². The molecular weight excluding hydrogens is 304 g/mol. The van der Waals surface area contributed by atoms with Crippen LogP contribution in [-0.4, -0.2) is 12.9 Å². The molecular formula is C16H21BrO2. The smallest absolute Gasteiger partial charge is 0.141 e. The molecule has 1 aliphatic rings. The van der Waals surface area contributed by atoms with Crippen LogP contribution in [0.1, 0.15) is 33.3 Å². The van der Waals surface area contributed by atoms with Gasteiger partial charge in [0.05, 0.1) is 7.11 Å². The first-order chi connectivity index (χ1) is 8.71. The summed E-state index contributed by atoms with van der Waals surface area (Å²) in [7, 11) is 1.64. The number of ether oxygens (including phenoxy) is 1. The molecule has 2 rings (SSSR count). The molecule has 0 heterocycles. The third-order valence-electron chi connectivity index (χ3n) is 4.95. The molecule has 3 heteroatoms. The Morgan fingerprint density at radius 1 is 1.26 bits per heavy atom. The fourth-order valence-corrected chi connectivity index (χ4v) is 3.58. The Morgan fingerprint density at radius 3 is 2.32 bits per heavy atom. The van der Waals surface area contributed by atoms with Crippen LogP contribution in [0.2, 0.25) is 0 Å². The highest BCUT2D eigenvalue weighted by Gasteiger charge is 2.67. The summed E-state index contributed by atoms with van der Waals surface area (Å²) in [6.45, 7) is 8.70. The van der Waals surface area contributed by atoms with E-state index in [4.69, 9.17) is 4.74 Å². The summed E-state index contributed by atoms with van der Waals surface area (Å²) in [6, 6.07) is 5.80. The van der Waals surface area contributed by atoms with Crippen LogP contribution in [0.25, 0.3) is 0 Å². The molecule has 0 aliphatic heterocycles. The van der Waals surface area contributed by atoms with Crippen molar-refractivity contribution in [3.8, 4) is 5.75 Å². The molecule has 19 heavy (non-hydrogen) atoms. The second-order valence-corrected chi connectivity index (χ2v) is 7.39. The van der Waals surface area contributed by atoms with Gasteiger partial charge in [-0.25, -0.2) is 0 Å². The van der Waals surface area contributed by atoms with E-state index in [2.05, 4.69) is 43.6 Å². The van der Waals surface area contributed by atoms with Crippen LogP contribution >= 0.6 is 15.9 Å². The zero-order valence-corrected chi connectivity index (χ0v) is 13.8. The van der Waals surface area contributed by atoms with Crippen LogP contribution in [-0.2, 0) is 11.2 Å². The number of rotatable bonds is 4. The minimum Gasteiger partial charge on any atom is -0.496 e. The van der Waals surface area contributed by atoms with Crippen LogP contribution < -0.4 is 4.74 Å². The summed E-state index contributed by atoms with van der Waals surface area (Å²) in [5.74, 6) is 1.24. The van der Waals surface area contributed by atoms with Crippen molar-refractivity contribution < 1.29 is 9.53 Å². The Bertz CT molecular complexity index is 503. The fourth-order valence-electron chi connectivity index (χ4n) is 3.18. The van der Waals surface area contributed by atoms with Gasteiger partial charge < -0.3 is 4.74 Å². The zero-order chi connectivity index (χ0) is 14.4. The molecule has 0 spiro atoms. The molecule has 1 aromatic rings. The average Bonchev–Trinajstić information content (AvgIpc) is 2.69. The van der Waals surface area contributed by atoms with E-state index in [1.54, 1.807) is 7.11 Å². The normalized spacial score (nSPS) is 20.1. The van der Waals surface area contributed by atoms with Gasteiger partial charge >= 0.3 is 0 Å². The Morgan fingerprint density at radius 2 is 1.84 bits per heavy atom. The van der Waals surface area contributed by atoms with Crippen molar-refractivity contribution in [2.75, 3.05) is 7.11 Å². The van der Waals surface area contributed by atoms with Gasteiger partial charge in [0.2, 0.25) is 0 Å². The highest BCUT2D eigenvalue weighted by atomic mass is 79.9. The number of hydrogen-bond donors (Lipinski definition) is 0. The molecule has 1 aliphatic carbocycles. The maximum absolute atomic E-state index is 12.5. The van der Waals surface area contributed by atoms with Crippen molar-refractivity contribution in [1.82, 2.24) is 0 Å². The predicted octanol–water partition coefficient (Wildman–Crippen LogP) is 4.25.